The molecule has 0 bridgehead atoms. The monoisotopic (exact) mass is 952 g/mol. The lowest BCUT2D eigenvalue weighted by atomic mass is 9.33. The lowest BCUT2D eigenvalue weighted by Crippen LogP contribution is -2.60. The Morgan fingerprint density at radius 3 is 1.77 bits per heavy atom. The standard InChI is InChI=1S/C69H70BN3/c1-39-20-19-21-40(2)63(39)73-56-33-42(66(6,7)8)24-28-47(56)48-36-54-59(38-57(48)73)71(44-27-29-46-45-22-17-18-23-50(45)69(15,16)51(46)35-44)60-37-52(68(12,13)14)61-49-32-41(65(3,4)5)26-31-55(49)72-58-34-43(67(9,10)11)25-30-53(58)70(54)62(60)64(61)72/h17-38H,1-16H3. The van der Waals surface area contributed by atoms with E-state index < -0.39 is 0 Å². The van der Waals surface area contributed by atoms with Gasteiger partial charge in [-0.1, -0.05) is 182 Å². The molecule has 2 aromatic heterocycles. The van der Waals surface area contributed by atoms with Gasteiger partial charge in [-0.05, 0) is 156 Å². The molecule has 73 heavy (non-hydrogen) atoms. The smallest absolute Gasteiger partial charge is 0.252 e. The van der Waals surface area contributed by atoms with Gasteiger partial charge in [0, 0.05) is 49.7 Å². The number of hydrogen-bond donors (Lipinski definition) is 0. The Hall–Kier alpha value is -6.78. The number of aromatic nitrogens is 2. The Kier molecular flexibility index (Phi) is 9.28. The summed E-state index contributed by atoms with van der Waals surface area (Å²) in [4.78, 5) is 2.69. The highest BCUT2D eigenvalue weighted by Crippen LogP contribution is 2.53. The zero-order valence-electron chi connectivity index (χ0n) is 46.1. The predicted octanol–water partition coefficient (Wildman–Crippen LogP) is 16.6. The van der Waals surface area contributed by atoms with Gasteiger partial charge in [0.1, 0.15) is 0 Å². The number of anilines is 3. The van der Waals surface area contributed by atoms with Crippen LogP contribution in [0.3, 0.4) is 0 Å². The van der Waals surface area contributed by atoms with Crippen LogP contribution >= 0.6 is 0 Å². The molecule has 0 saturated carbocycles. The molecule has 364 valence electrons. The van der Waals surface area contributed by atoms with E-state index in [-0.39, 0.29) is 33.8 Å². The maximum absolute atomic E-state index is 2.69. The average Bonchev–Trinajstić information content (AvgIpc) is 3.91. The summed E-state index contributed by atoms with van der Waals surface area (Å²) in [6.45, 7) is 37.8. The number of aryl methyl sites for hydroxylation is 2. The van der Waals surface area contributed by atoms with E-state index in [0.29, 0.717) is 0 Å². The van der Waals surface area contributed by atoms with E-state index in [0.717, 1.165) is 0 Å². The lowest BCUT2D eigenvalue weighted by molar-refractivity contribution is 0.590. The van der Waals surface area contributed by atoms with Crippen LogP contribution in [0.15, 0.2) is 133 Å². The molecule has 3 aliphatic rings. The number of hydrogen-bond acceptors (Lipinski definition) is 1. The van der Waals surface area contributed by atoms with Crippen molar-refractivity contribution >= 4 is 83.8 Å². The molecule has 2 aliphatic heterocycles. The van der Waals surface area contributed by atoms with Crippen molar-refractivity contribution in [1.82, 2.24) is 9.13 Å². The minimum absolute atomic E-state index is 0.00941. The van der Waals surface area contributed by atoms with Gasteiger partial charge in [0.15, 0.2) is 0 Å². The normalized spacial score (nSPS) is 14.9. The van der Waals surface area contributed by atoms with Crippen LogP contribution in [0.5, 0.6) is 0 Å². The fourth-order valence-electron chi connectivity index (χ4n) is 13.5. The van der Waals surface area contributed by atoms with Gasteiger partial charge >= 0.3 is 0 Å². The van der Waals surface area contributed by atoms with Crippen molar-refractivity contribution in [2.45, 2.75) is 138 Å². The van der Waals surface area contributed by atoms with Crippen molar-refractivity contribution in [2.24, 2.45) is 0 Å². The number of fused-ring (bicyclic) bond motifs is 14. The van der Waals surface area contributed by atoms with E-state index in [1.165, 1.54) is 144 Å². The van der Waals surface area contributed by atoms with Gasteiger partial charge in [-0.2, -0.15) is 0 Å². The van der Waals surface area contributed by atoms with Crippen LogP contribution in [0.25, 0.3) is 66.1 Å². The first-order chi connectivity index (χ1) is 34.3. The molecule has 13 rings (SSSR count). The Bertz CT molecular complexity index is 4040. The molecular formula is C69H70BN3. The zero-order valence-corrected chi connectivity index (χ0v) is 46.1. The van der Waals surface area contributed by atoms with E-state index in [2.05, 4.69) is 258 Å². The number of nitrogens with zero attached hydrogens (tertiary/aromatic N) is 3. The minimum Gasteiger partial charge on any atom is -0.311 e. The molecule has 8 aromatic carbocycles. The predicted molar refractivity (Wildman–Crippen MR) is 316 cm³/mol. The summed E-state index contributed by atoms with van der Waals surface area (Å²) in [6, 6.07) is 53.2. The van der Waals surface area contributed by atoms with E-state index in [9.17, 15) is 0 Å². The van der Waals surface area contributed by atoms with Crippen molar-refractivity contribution in [3.63, 3.8) is 0 Å². The van der Waals surface area contributed by atoms with Gasteiger partial charge in [0.25, 0.3) is 6.71 Å². The third-order valence-corrected chi connectivity index (χ3v) is 17.5. The second kappa shape index (κ2) is 14.7. The minimum atomic E-state index is -0.175. The summed E-state index contributed by atoms with van der Waals surface area (Å²) in [5.74, 6) is 0. The van der Waals surface area contributed by atoms with E-state index in [4.69, 9.17) is 0 Å². The van der Waals surface area contributed by atoms with Crippen LogP contribution in [-0.2, 0) is 27.1 Å². The molecule has 4 heteroatoms. The van der Waals surface area contributed by atoms with Crippen LogP contribution in [0.4, 0.5) is 17.1 Å². The van der Waals surface area contributed by atoms with Gasteiger partial charge in [-0.15, -0.1) is 0 Å². The van der Waals surface area contributed by atoms with Crippen molar-refractivity contribution in [3.05, 3.63) is 178 Å². The molecule has 3 nitrogen and oxygen atoms in total. The Morgan fingerprint density at radius 2 is 1.07 bits per heavy atom. The Labute approximate surface area is 434 Å². The molecule has 0 amide bonds. The SMILES string of the molecule is Cc1cccc(C)c1-n1c2cc(C(C)(C)C)ccc2c2cc3c(cc21)N(c1ccc2c(c1)C(C)(C)c1ccccc1-2)c1cc(C(C)(C)C)c2c4cc(C(C)(C)C)ccc4n4c2c1B3c1ccc(C(C)(C)C)cc1-4. The second-order valence-electron chi connectivity index (χ2n) is 26.8. The summed E-state index contributed by atoms with van der Waals surface area (Å²) in [5, 5.41) is 5.32. The van der Waals surface area contributed by atoms with Crippen molar-refractivity contribution < 1.29 is 0 Å². The third-order valence-electron chi connectivity index (χ3n) is 17.5. The van der Waals surface area contributed by atoms with Crippen LogP contribution in [0.1, 0.15) is 141 Å². The van der Waals surface area contributed by atoms with Crippen molar-refractivity contribution in [1.29, 1.82) is 0 Å². The molecule has 0 unspecified atom stereocenters. The van der Waals surface area contributed by atoms with Crippen LogP contribution in [-0.4, -0.2) is 15.8 Å². The quantitative estimate of drug-likeness (QED) is 0.157. The first-order valence-electron chi connectivity index (χ1n) is 26.9. The van der Waals surface area contributed by atoms with E-state index >= 15 is 0 Å². The number of benzene rings is 8. The summed E-state index contributed by atoms with van der Waals surface area (Å²) < 4.78 is 5.30. The van der Waals surface area contributed by atoms with Crippen LogP contribution < -0.4 is 21.3 Å². The van der Waals surface area contributed by atoms with E-state index in [1.54, 1.807) is 0 Å². The van der Waals surface area contributed by atoms with Crippen LogP contribution in [0, 0.1) is 13.8 Å². The maximum atomic E-state index is 2.69. The lowest BCUT2D eigenvalue weighted by Gasteiger charge is -2.41. The average molecular weight is 952 g/mol. The van der Waals surface area contributed by atoms with E-state index in [1.807, 2.05) is 0 Å². The van der Waals surface area contributed by atoms with Crippen LogP contribution in [0.2, 0.25) is 0 Å². The maximum Gasteiger partial charge on any atom is 0.252 e. The fourth-order valence-corrected chi connectivity index (χ4v) is 13.5. The van der Waals surface area contributed by atoms with Crippen molar-refractivity contribution in [3.8, 4) is 22.5 Å². The first-order valence-corrected chi connectivity index (χ1v) is 26.9. The zero-order chi connectivity index (χ0) is 51.4. The summed E-state index contributed by atoms with van der Waals surface area (Å²) >= 11 is 0. The molecule has 0 spiro atoms. The highest BCUT2D eigenvalue weighted by Gasteiger charge is 2.45. The molecule has 0 saturated heterocycles. The Morgan fingerprint density at radius 1 is 0.438 bits per heavy atom. The topological polar surface area (TPSA) is 13.1 Å². The fraction of sp³-hybridized carbons (Fsp3) is 0.304. The molecule has 0 atom stereocenters. The second-order valence-corrected chi connectivity index (χ2v) is 26.8. The number of para-hydroxylation sites is 1. The van der Waals surface area contributed by atoms with Gasteiger partial charge in [0.05, 0.1) is 27.8 Å². The third kappa shape index (κ3) is 6.38. The highest BCUT2D eigenvalue weighted by molar-refractivity contribution is 7.00. The van der Waals surface area contributed by atoms with Gasteiger partial charge in [-0.3, -0.25) is 0 Å². The molecule has 0 radical (unpaired) electrons. The highest BCUT2D eigenvalue weighted by atomic mass is 15.2. The van der Waals surface area contributed by atoms with Gasteiger partial charge in [0.2, 0.25) is 0 Å². The van der Waals surface area contributed by atoms with Gasteiger partial charge < -0.3 is 14.0 Å². The largest absolute Gasteiger partial charge is 0.311 e. The Balaban J connectivity index is 1.24. The molecule has 4 heterocycles. The first kappa shape index (κ1) is 46.0. The summed E-state index contributed by atoms with van der Waals surface area (Å²) in [7, 11) is 0. The molecular weight excluding hydrogens is 882 g/mol. The van der Waals surface area contributed by atoms with Crippen molar-refractivity contribution in [2.75, 3.05) is 4.90 Å². The summed E-state index contributed by atoms with van der Waals surface area (Å²) in [5.41, 5.74) is 28.6. The molecule has 1 aliphatic carbocycles. The molecule has 0 fully saturated rings. The molecule has 0 N–H and O–H groups in total. The summed E-state index contributed by atoms with van der Waals surface area (Å²) in [6.07, 6.45) is 0. The van der Waals surface area contributed by atoms with Gasteiger partial charge in [-0.25, -0.2) is 0 Å². The molecule has 10 aromatic rings. The number of rotatable bonds is 2.